The highest BCUT2D eigenvalue weighted by Crippen LogP contribution is 2.04. The molecule has 106 valence electrons. The van der Waals surface area contributed by atoms with Crippen molar-refractivity contribution in [3.05, 3.63) is 18.2 Å². The van der Waals surface area contributed by atoms with Crippen molar-refractivity contribution in [1.82, 2.24) is 14.9 Å². The van der Waals surface area contributed by atoms with Crippen LogP contribution in [0.2, 0.25) is 0 Å². The van der Waals surface area contributed by atoms with Gasteiger partial charge in [0.2, 0.25) is 5.91 Å². The number of imidazole rings is 1. The maximum atomic E-state index is 11.7. The van der Waals surface area contributed by atoms with Crippen molar-refractivity contribution in [2.75, 3.05) is 13.1 Å². The number of rotatable bonds is 8. The molecule has 0 radical (unpaired) electrons. The number of nitrogens with two attached hydrogens (primary N) is 1. The molecule has 0 bridgehead atoms. The van der Waals surface area contributed by atoms with Gasteiger partial charge >= 0.3 is 5.97 Å². The van der Waals surface area contributed by atoms with Gasteiger partial charge < -0.3 is 20.7 Å². The number of aromatic carboxylic acids is 1. The third-order valence-corrected chi connectivity index (χ3v) is 2.81. The Bertz CT molecular complexity index is 430. The largest absolute Gasteiger partial charge is 0.476 e. The molecule has 1 amide bonds. The topological polar surface area (TPSA) is 110 Å². The van der Waals surface area contributed by atoms with Crippen molar-refractivity contribution in [3.8, 4) is 0 Å². The van der Waals surface area contributed by atoms with Crippen molar-refractivity contribution in [1.29, 1.82) is 0 Å². The smallest absolute Gasteiger partial charge is 0.356 e. The Balaban J connectivity index is 2.29. The highest BCUT2D eigenvalue weighted by Gasteiger charge is 2.11. The molecule has 0 aliphatic rings. The molecule has 4 N–H and O–H groups in total. The van der Waals surface area contributed by atoms with Crippen LogP contribution in [0.25, 0.3) is 0 Å². The number of carboxylic acids is 1. The molecule has 7 heteroatoms. The Labute approximate surface area is 111 Å². The average Bonchev–Trinajstić information content (AvgIpc) is 2.84. The van der Waals surface area contributed by atoms with Gasteiger partial charge in [-0.2, -0.15) is 0 Å². The minimum Gasteiger partial charge on any atom is -0.476 e. The number of hydrogen-bond donors (Lipinski definition) is 3. The number of amides is 1. The van der Waals surface area contributed by atoms with Gasteiger partial charge in [0.25, 0.3) is 0 Å². The molecule has 1 aromatic heterocycles. The summed E-state index contributed by atoms with van der Waals surface area (Å²) in [6.07, 6.45) is 4.48. The predicted molar refractivity (Wildman–Crippen MR) is 69.6 cm³/mol. The van der Waals surface area contributed by atoms with E-state index in [-0.39, 0.29) is 17.5 Å². The molecule has 0 fully saturated rings. The van der Waals surface area contributed by atoms with Crippen LogP contribution in [0.5, 0.6) is 0 Å². The maximum Gasteiger partial charge on any atom is 0.356 e. The lowest BCUT2D eigenvalue weighted by Crippen LogP contribution is -2.32. The monoisotopic (exact) mass is 268 g/mol. The van der Waals surface area contributed by atoms with Crippen LogP contribution < -0.4 is 11.1 Å². The third kappa shape index (κ3) is 5.09. The van der Waals surface area contributed by atoms with Crippen LogP contribution in [-0.4, -0.2) is 39.6 Å². The molecule has 1 atom stereocenters. The summed E-state index contributed by atoms with van der Waals surface area (Å²) in [7, 11) is 0. The average molecular weight is 268 g/mol. The Morgan fingerprint density at radius 3 is 2.89 bits per heavy atom. The lowest BCUT2D eigenvalue weighted by Gasteiger charge is -2.11. The summed E-state index contributed by atoms with van der Waals surface area (Å²) < 4.78 is 1.63. The van der Waals surface area contributed by atoms with E-state index in [2.05, 4.69) is 10.3 Å². The van der Waals surface area contributed by atoms with Gasteiger partial charge in [0, 0.05) is 25.2 Å². The van der Waals surface area contributed by atoms with Crippen LogP contribution in [0, 0.1) is 5.92 Å². The summed E-state index contributed by atoms with van der Waals surface area (Å²) in [6.45, 7) is 3.40. The van der Waals surface area contributed by atoms with E-state index in [1.807, 2.05) is 6.92 Å². The predicted octanol–water partition coefficient (Wildman–Crippen LogP) is 0.0725. The summed E-state index contributed by atoms with van der Waals surface area (Å²) >= 11 is 0. The number of nitrogens with zero attached hydrogens (tertiary/aromatic N) is 2. The summed E-state index contributed by atoms with van der Waals surface area (Å²) in [6, 6.07) is 0. The van der Waals surface area contributed by atoms with Gasteiger partial charge in [-0.1, -0.05) is 6.92 Å². The first-order valence-electron chi connectivity index (χ1n) is 6.27. The SMILES string of the molecule is CC(CCCN)C(=O)NCCn1cnc(C(=O)O)c1. The Morgan fingerprint density at radius 1 is 1.58 bits per heavy atom. The fourth-order valence-electron chi connectivity index (χ4n) is 1.63. The molecule has 1 aromatic rings. The highest BCUT2D eigenvalue weighted by atomic mass is 16.4. The third-order valence-electron chi connectivity index (χ3n) is 2.81. The zero-order valence-corrected chi connectivity index (χ0v) is 11.0. The molecule has 1 rings (SSSR count). The second kappa shape index (κ2) is 7.52. The first-order valence-corrected chi connectivity index (χ1v) is 6.27. The fraction of sp³-hybridized carbons (Fsp3) is 0.583. The minimum atomic E-state index is -1.06. The van der Waals surface area contributed by atoms with E-state index in [0.717, 1.165) is 12.8 Å². The standard InChI is InChI=1S/C12H20N4O3/c1-9(3-2-4-13)11(17)14-5-6-16-7-10(12(18)19)15-8-16/h7-9H,2-6,13H2,1H3,(H,14,17)(H,18,19). The van der Waals surface area contributed by atoms with E-state index in [1.165, 1.54) is 12.5 Å². The molecule has 0 aliphatic carbocycles. The second-order valence-electron chi connectivity index (χ2n) is 4.42. The fourth-order valence-corrected chi connectivity index (χ4v) is 1.63. The lowest BCUT2D eigenvalue weighted by molar-refractivity contribution is -0.124. The molecule has 0 aliphatic heterocycles. The molecular formula is C12H20N4O3. The summed E-state index contributed by atoms with van der Waals surface area (Å²) in [5.74, 6) is -1.12. The molecule has 0 aromatic carbocycles. The Hall–Kier alpha value is -1.89. The van der Waals surface area contributed by atoms with Crippen molar-refractivity contribution in [2.24, 2.45) is 11.7 Å². The van der Waals surface area contributed by atoms with Gasteiger partial charge in [0.1, 0.15) is 0 Å². The highest BCUT2D eigenvalue weighted by molar-refractivity contribution is 5.84. The zero-order valence-electron chi connectivity index (χ0n) is 11.0. The van der Waals surface area contributed by atoms with E-state index in [4.69, 9.17) is 10.8 Å². The van der Waals surface area contributed by atoms with Crippen molar-refractivity contribution in [3.63, 3.8) is 0 Å². The van der Waals surface area contributed by atoms with E-state index in [0.29, 0.717) is 19.6 Å². The number of carboxylic acid groups (broad SMARTS) is 1. The van der Waals surface area contributed by atoms with Crippen LogP contribution in [0.15, 0.2) is 12.5 Å². The van der Waals surface area contributed by atoms with Gasteiger partial charge in [-0.05, 0) is 19.4 Å². The normalized spacial score (nSPS) is 12.1. The molecular weight excluding hydrogens is 248 g/mol. The quantitative estimate of drug-likeness (QED) is 0.618. The number of carbonyl (C=O) groups excluding carboxylic acids is 1. The van der Waals surface area contributed by atoms with Gasteiger partial charge in [0.05, 0.1) is 6.33 Å². The molecule has 0 saturated heterocycles. The summed E-state index contributed by atoms with van der Waals surface area (Å²) in [5, 5.41) is 11.5. The second-order valence-corrected chi connectivity index (χ2v) is 4.42. The van der Waals surface area contributed by atoms with Gasteiger partial charge in [-0.25, -0.2) is 9.78 Å². The zero-order chi connectivity index (χ0) is 14.3. The maximum absolute atomic E-state index is 11.7. The van der Waals surface area contributed by atoms with Crippen molar-refractivity contribution < 1.29 is 14.7 Å². The number of nitrogens with one attached hydrogen (secondary N) is 1. The molecule has 0 saturated carbocycles. The molecule has 7 nitrogen and oxygen atoms in total. The van der Waals surface area contributed by atoms with Crippen LogP contribution in [0.4, 0.5) is 0 Å². The van der Waals surface area contributed by atoms with Gasteiger partial charge in [-0.15, -0.1) is 0 Å². The van der Waals surface area contributed by atoms with E-state index in [9.17, 15) is 9.59 Å². The Kier molecular flexibility index (Phi) is 6.01. The van der Waals surface area contributed by atoms with Crippen molar-refractivity contribution >= 4 is 11.9 Å². The summed E-state index contributed by atoms with van der Waals surface area (Å²) in [4.78, 5) is 26.0. The summed E-state index contributed by atoms with van der Waals surface area (Å²) in [5.41, 5.74) is 5.39. The minimum absolute atomic E-state index is 0.00244. The molecule has 1 unspecified atom stereocenters. The molecule has 19 heavy (non-hydrogen) atoms. The van der Waals surface area contributed by atoms with Gasteiger partial charge in [-0.3, -0.25) is 4.79 Å². The number of aromatic nitrogens is 2. The van der Waals surface area contributed by atoms with E-state index in [1.54, 1.807) is 4.57 Å². The Morgan fingerprint density at radius 2 is 2.32 bits per heavy atom. The van der Waals surface area contributed by atoms with E-state index < -0.39 is 5.97 Å². The van der Waals surface area contributed by atoms with Crippen LogP contribution in [0.3, 0.4) is 0 Å². The van der Waals surface area contributed by atoms with Crippen LogP contribution >= 0.6 is 0 Å². The van der Waals surface area contributed by atoms with E-state index >= 15 is 0 Å². The first kappa shape index (κ1) is 15.2. The van der Waals surface area contributed by atoms with Crippen LogP contribution in [-0.2, 0) is 11.3 Å². The number of carbonyl (C=O) groups is 2. The van der Waals surface area contributed by atoms with Crippen LogP contribution in [0.1, 0.15) is 30.3 Å². The molecule has 0 spiro atoms. The van der Waals surface area contributed by atoms with Crippen molar-refractivity contribution in [2.45, 2.75) is 26.3 Å². The van der Waals surface area contributed by atoms with Gasteiger partial charge in [0.15, 0.2) is 5.69 Å². The first-order chi connectivity index (χ1) is 9.04. The molecule has 1 heterocycles. The number of hydrogen-bond acceptors (Lipinski definition) is 4. The lowest BCUT2D eigenvalue weighted by atomic mass is 10.1.